The first-order chi connectivity index (χ1) is 11.3. The highest BCUT2D eigenvalue weighted by molar-refractivity contribution is 7.89. The Labute approximate surface area is 138 Å². The molecular weight excluding hydrogens is 336 g/mol. The predicted octanol–water partition coefficient (Wildman–Crippen LogP) is 1.70. The number of anilines is 1. The summed E-state index contributed by atoms with van der Waals surface area (Å²) in [6.07, 6.45) is 1.46. The van der Waals surface area contributed by atoms with Crippen LogP contribution in [0.2, 0.25) is 0 Å². The fourth-order valence-electron chi connectivity index (χ4n) is 1.80. The Bertz CT molecular complexity index is 879. The third-order valence-corrected chi connectivity index (χ3v) is 3.92. The number of benzene rings is 2. The smallest absolute Gasteiger partial charge is 0.295 e. The quantitative estimate of drug-likeness (QED) is 0.462. The molecule has 0 aromatic heterocycles. The number of nitro groups is 1. The van der Waals surface area contributed by atoms with Crippen molar-refractivity contribution in [2.24, 2.45) is 10.2 Å². The van der Waals surface area contributed by atoms with Crippen molar-refractivity contribution in [1.82, 2.24) is 0 Å². The Kier molecular flexibility index (Phi) is 5.11. The van der Waals surface area contributed by atoms with Crippen LogP contribution in [0, 0.1) is 10.1 Å². The molecule has 2 aromatic carbocycles. The highest BCUT2D eigenvalue weighted by atomic mass is 32.2. The van der Waals surface area contributed by atoms with Gasteiger partial charge < -0.3 is 4.74 Å². The highest BCUT2D eigenvalue weighted by Gasteiger charge is 2.18. The van der Waals surface area contributed by atoms with Gasteiger partial charge in [0.05, 0.1) is 23.1 Å². The van der Waals surface area contributed by atoms with E-state index in [1.54, 1.807) is 31.4 Å². The number of ether oxygens (including phenoxy) is 1. The van der Waals surface area contributed by atoms with E-state index < -0.39 is 20.6 Å². The molecule has 0 aliphatic heterocycles. The van der Waals surface area contributed by atoms with Crippen molar-refractivity contribution < 1.29 is 18.1 Å². The SMILES string of the molecule is COc1ccc(/C=N\Nc2ccc(S(N)(=O)=O)cc2[N+](=O)[O-])cc1. The largest absolute Gasteiger partial charge is 0.497 e. The zero-order valence-electron chi connectivity index (χ0n) is 12.5. The van der Waals surface area contributed by atoms with Crippen molar-refractivity contribution in [3.8, 4) is 5.75 Å². The minimum atomic E-state index is -4.03. The fourth-order valence-corrected chi connectivity index (χ4v) is 2.33. The van der Waals surface area contributed by atoms with Crippen molar-refractivity contribution in [2.45, 2.75) is 4.90 Å². The number of sulfonamides is 1. The van der Waals surface area contributed by atoms with E-state index in [0.717, 1.165) is 17.7 Å². The molecule has 9 nitrogen and oxygen atoms in total. The van der Waals surface area contributed by atoms with Gasteiger partial charge in [0, 0.05) is 6.07 Å². The van der Waals surface area contributed by atoms with E-state index >= 15 is 0 Å². The Morgan fingerprint density at radius 1 is 1.25 bits per heavy atom. The standard InChI is InChI=1S/C14H14N4O5S/c1-23-11-4-2-10(3-5-11)9-16-17-13-7-6-12(24(15,21)22)8-14(13)18(19)20/h2-9,17H,1H3,(H2,15,21,22)/b16-9-. The summed E-state index contributed by atoms with van der Waals surface area (Å²) in [6, 6.07) is 10.2. The summed E-state index contributed by atoms with van der Waals surface area (Å²) in [6.45, 7) is 0. The van der Waals surface area contributed by atoms with Crippen molar-refractivity contribution in [3.05, 3.63) is 58.1 Å². The molecule has 3 N–H and O–H groups in total. The van der Waals surface area contributed by atoms with Crippen molar-refractivity contribution in [1.29, 1.82) is 0 Å². The molecule has 0 saturated heterocycles. The zero-order valence-corrected chi connectivity index (χ0v) is 13.4. The summed E-state index contributed by atoms with van der Waals surface area (Å²) >= 11 is 0. The molecule has 24 heavy (non-hydrogen) atoms. The van der Waals surface area contributed by atoms with Crippen LogP contribution in [0.1, 0.15) is 5.56 Å². The molecule has 0 saturated carbocycles. The maximum absolute atomic E-state index is 11.3. The lowest BCUT2D eigenvalue weighted by Crippen LogP contribution is -2.12. The normalized spacial score (nSPS) is 11.4. The van der Waals surface area contributed by atoms with E-state index in [9.17, 15) is 18.5 Å². The lowest BCUT2D eigenvalue weighted by Gasteiger charge is -2.04. The highest BCUT2D eigenvalue weighted by Crippen LogP contribution is 2.27. The molecule has 10 heteroatoms. The number of primary sulfonamides is 1. The van der Waals surface area contributed by atoms with Crippen LogP contribution in [-0.4, -0.2) is 26.7 Å². The molecule has 0 unspecified atom stereocenters. The lowest BCUT2D eigenvalue weighted by atomic mass is 10.2. The molecule has 2 aromatic rings. The van der Waals surface area contributed by atoms with Crippen LogP contribution < -0.4 is 15.3 Å². The number of hydrogen-bond acceptors (Lipinski definition) is 7. The van der Waals surface area contributed by atoms with Gasteiger partial charge in [0.25, 0.3) is 5.69 Å². The minimum absolute atomic E-state index is 0.0390. The van der Waals surface area contributed by atoms with Crippen LogP contribution >= 0.6 is 0 Å². The lowest BCUT2D eigenvalue weighted by molar-refractivity contribution is -0.384. The van der Waals surface area contributed by atoms with Gasteiger partial charge >= 0.3 is 0 Å². The first-order valence-electron chi connectivity index (χ1n) is 6.55. The molecular formula is C14H14N4O5S. The van der Waals surface area contributed by atoms with Gasteiger partial charge in [0.1, 0.15) is 11.4 Å². The molecule has 0 heterocycles. The average Bonchev–Trinajstić information content (AvgIpc) is 2.54. The second-order valence-corrected chi connectivity index (χ2v) is 6.19. The van der Waals surface area contributed by atoms with Crippen LogP contribution in [0.25, 0.3) is 0 Å². The van der Waals surface area contributed by atoms with Crippen LogP contribution in [0.5, 0.6) is 5.75 Å². The van der Waals surface area contributed by atoms with Crippen LogP contribution in [0.15, 0.2) is 52.5 Å². The molecule has 2 rings (SSSR count). The maximum Gasteiger partial charge on any atom is 0.295 e. The van der Waals surface area contributed by atoms with Crippen LogP contribution in [0.4, 0.5) is 11.4 Å². The Balaban J connectivity index is 2.22. The van der Waals surface area contributed by atoms with Gasteiger partial charge in [0.15, 0.2) is 0 Å². The second kappa shape index (κ2) is 7.06. The Morgan fingerprint density at radius 3 is 2.46 bits per heavy atom. The zero-order chi connectivity index (χ0) is 17.7. The number of nitrogens with zero attached hydrogens (tertiary/aromatic N) is 2. The molecule has 126 valence electrons. The van der Waals surface area contributed by atoms with Gasteiger partial charge in [-0.3, -0.25) is 15.5 Å². The van der Waals surface area contributed by atoms with Crippen molar-refractivity contribution >= 4 is 27.6 Å². The van der Waals surface area contributed by atoms with Gasteiger partial charge in [0.2, 0.25) is 10.0 Å². The molecule has 0 aliphatic rings. The van der Waals surface area contributed by atoms with Crippen LogP contribution in [-0.2, 0) is 10.0 Å². The van der Waals surface area contributed by atoms with Gasteiger partial charge in [-0.05, 0) is 42.0 Å². The first kappa shape index (κ1) is 17.4. The van der Waals surface area contributed by atoms with Crippen LogP contribution in [0.3, 0.4) is 0 Å². The van der Waals surface area contributed by atoms with E-state index in [4.69, 9.17) is 9.88 Å². The summed E-state index contributed by atoms with van der Waals surface area (Å²) < 4.78 is 27.6. The summed E-state index contributed by atoms with van der Waals surface area (Å²) in [5, 5.41) is 19.9. The number of methoxy groups -OCH3 is 1. The number of nitrogens with one attached hydrogen (secondary N) is 1. The summed E-state index contributed by atoms with van der Waals surface area (Å²) in [7, 11) is -2.48. The fraction of sp³-hybridized carbons (Fsp3) is 0.0714. The van der Waals surface area contributed by atoms with E-state index in [0.29, 0.717) is 5.75 Å². The number of hydrogen-bond donors (Lipinski definition) is 2. The topological polar surface area (TPSA) is 137 Å². The molecule has 0 aliphatic carbocycles. The van der Waals surface area contributed by atoms with Gasteiger partial charge in [-0.1, -0.05) is 0 Å². The van der Waals surface area contributed by atoms with Gasteiger partial charge in [-0.2, -0.15) is 5.10 Å². The first-order valence-corrected chi connectivity index (χ1v) is 8.10. The van der Waals surface area contributed by atoms with E-state index in [1.807, 2.05) is 0 Å². The average molecular weight is 350 g/mol. The third-order valence-electron chi connectivity index (χ3n) is 3.01. The maximum atomic E-state index is 11.3. The second-order valence-electron chi connectivity index (χ2n) is 4.62. The Morgan fingerprint density at radius 2 is 1.92 bits per heavy atom. The summed E-state index contributed by atoms with van der Waals surface area (Å²) in [5.74, 6) is 0.689. The molecule has 0 fully saturated rings. The monoisotopic (exact) mass is 350 g/mol. The van der Waals surface area contributed by atoms with Gasteiger partial charge in [-0.25, -0.2) is 13.6 Å². The molecule has 0 amide bonds. The van der Waals surface area contributed by atoms with E-state index in [1.165, 1.54) is 12.3 Å². The van der Waals surface area contributed by atoms with Crippen molar-refractivity contribution in [2.75, 3.05) is 12.5 Å². The molecule has 0 radical (unpaired) electrons. The number of nitro benzene ring substituents is 1. The number of hydrazone groups is 1. The minimum Gasteiger partial charge on any atom is -0.497 e. The summed E-state index contributed by atoms with van der Waals surface area (Å²) in [5.41, 5.74) is 2.84. The van der Waals surface area contributed by atoms with Gasteiger partial charge in [-0.15, -0.1) is 0 Å². The molecule has 0 bridgehead atoms. The third kappa shape index (κ3) is 4.27. The summed E-state index contributed by atoms with van der Waals surface area (Å²) in [4.78, 5) is 10.00. The number of rotatable bonds is 6. The number of nitrogens with two attached hydrogens (primary N) is 1. The molecule has 0 spiro atoms. The van der Waals surface area contributed by atoms with E-state index in [-0.39, 0.29) is 10.6 Å². The predicted molar refractivity (Wildman–Crippen MR) is 88.7 cm³/mol. The van der Waals surface area contributed by atoms with Crippen molar-refractivity contribution in [3.63, 3.8) is 0 Å². The molecule has 0 atom stereocenters. The van der Waals surface area contributed by atoms with E-state index in [2.05, 4.69) is 10.5 Å². The Hall–Kier alpha value is -2.98.